The fourth-order valence-electron chi connectivity index (χ4n) is 2.35. The van der Waals surface area contributed by atoms with Crippen LogP contribution in [0.2, 0.25) is 0 Å². The SMILES string of the molecule is NCCSC1C(=O)Nc2ccccc2N=C1c1ccccc1. The lowest BCUT2D eigenvalue weighted by atomic mass is 10.1. The summed E-state index contributed by atoms with van der Waals surface area (Å²) in [5.74, 6) is 0.659. The van der Waals surface area contributed by atoms with Gasteiger partial charge in [0, 0.05) is 12.3 Å². The van der Waals surface area contributed by atoms with Crippen LogP contribution in [0.1, 0.15) is 5.56 Å². The summed E-state index contributed by atoms with van der Waals surface area (Å²) in [5, 5.41) is 2.60. The Balaban J connectivity index is 2.09. The van der Waals surface area contributed by atoms with E-state index >= 15 is 0 Å². The molecule has 3 N–H and O–H groups in total. The Bertz CT molecular complexity index is 700. The van der Waals surface area contributed by atoms with E-state index in [0.29, 0.717) is 12.3 Å². The average Bonchev–Trinajstić information content (AvgIpc) is 2.70. The van der Waals surface area contributed by atoms with Crippen molar-refractivity contribution in [3.05, 3.63) is 60.2 Å². The van der Waals surface area contributed by atoms with Gasteiger partial charge in [0.15, 0.2) is 0 Å². The second-order valence-corrected chi connectivity index (χ2v) is 6.12. The highest BCUT2D eigenvalue weighted by molar-refractivity contribution is 8.01. The fourth-order valence-corrected chi connectivity index (χ4v) is 3.28. The van der Waals surface area contributed by atoms with Crippen molar-refractivity contribution in [1.82, 2.24) is 0 Å². The Kier molecular flexibility index (Phi) is 4.56. The molecule has 0 fully saturated rings. The Morgan fingerprint density at radius 2 is 1.82 bits per heavy atom. The lowest BCUT2D eigenvalue weighted by Crippen LogP contribution is -2.32. The summed E-state index contributed by atoms with van der Waals surface area (Å²) in [4.78, 5) is 17.4. The fraction of sp³-hybridized carbons (Fsp3) is 0.176. The second-order valence-electron chi connectivity index (χ2n) is 4.91. The van der Waals surface area contributed by atoms with Gasteiger partial charge >= 0.3 is 0 Å². The van der Waals surface area contributed by atoms with Crippen LogP contribution in [0, 0.1) is 0 Å². The minimum Gasteiger partial charge on any atom is -0.330 e. The normalized spacial score (nSPS) is 17.2. The van der Waals surface area contributed by atoms with Crippen LogP contribution in [0.5, 0.6) is 0 Å². The highest BCUT2D eigenvalue weighted by Gasteiger charge is 2.29. The van der Waals surface area contributed by atoms with Gasteiger partial charge in [0.1, 0.15) is 5.25 Å². The third-order valence-corrected chi connectivity index (χ3v) is 4.60. The first-order chi connectivity index (χ1) is 10.8. The molecule has 0 spiro atoms. The minimum atomic E-state index is -0.363. The van der Waals surface area contributed by atoms with Crippen molar-refractivity contribution in [3.8, 4) is 0 Å². The zero-order valence-electron chi connectivity index (χ0n) is 12.0. The number of hydrogen-bond acceptors (Lipinski definition) is 4. The molecule has 1 aliphatic rings. The van der Waals surface area contributed by atoms with Gasteiger partial charge in [0.05, 0.1) is 17.1 Å². The number of anilines is 1. The monoisotopic (exact) mass is 311 g/mol. The topological polar surface area (TPSA) is 67.5 Å². The predicted octanol–water partition coefficient (Wildman–Crippen LogP) is 2.82. The van der Waals surface area contributed by atoms with Crippen LogP contribution in [-0.2, 0) is 4.79 Å². The lowest BCUT2D eigenvalue weighted by Gasteiger charge is -2.16. The minimum absolute atomic E-state index is 0.0500. The van der Waals surface area contributed by atoms with E-state index in [1.165, 1.54) is 11.8 Å². The Hall–Kier alpha value is -2.11. The smallest absolute Gasteiger partial charge is 0.243 e. The van der Waals surface area contributed by atoms with Gasteiger partial charge in [-0.05, 0) is 17.7 Å². The van der Waals surface area contributed by atoms with Crippen LogP contribution in [0.4, 0.5) is 11.4 Å². The van der Waals surface area contributed by atoms with Crippen molar-refractivity contribution in [2.45, 2.75) is 5.25 Å². The molecule has 4 nitrogen and oxygen atoms in total. The van der Waals surface area contributed by atoms with Gasteiger partial charge in [-0.15, -0.1) is 11.8 Å². The molecule has 0 bridgehead atoms. The molecular weight excluding hydrogens is 294 g/mol. The van der Waals surface area contributed by atoms with Crippen LogP contribution >= 0.6 is 11.8 Å². The Morgan fingerprint density at radius 3 is 2.59 bits per heavy atom. The molecule has 0 aromatic heterocycles. The van der Waals surface area contributed by atoms with Gasteiger partial charge in [0.25, 0.3) is 0 Å². The summed E-state index contributed by atoms with van der Waals surface area (Å²) in [7, 11) is 0. The molecule has 1 atom stereocenters. The van der Waals surface area contributed by atoms with Crippen molar-refractivity contribution >= 4 is 34.8 Å². The molecule has 1 heterocycles. The van der Waals surface area contributed by atoms with E-state index in [1.54, 1.807) is 0 Å². The van der Waals surface area contributed by atoms with E-state index in [9.17, 15) is 4.79 Å². The molecular formula is C17H17N3OS. The number of carbonyl (C=O) groups is 1. The van der Waals surface area contributed by atoms with Crippen LogP contribution < -0.4 is 11.1 Å². The molecule has 0 saturated heterocycles. The standard InChI is InChI=1S/C17H17N3OS/c18-10-11-22-16-15(12-6-2-1-3-7-12)19-13-8-4-5-9-14(13)20-17(16)21/h1-9,16H,10-11,18H2,(H,20,21). The van der Waals surface area contributed by atoms with Crippen molar-refractivity contribution in [2.24, 2.45) is 10.7 Å². The zero-order chi connectivity index (χ0) is 15.4. The number of para-hydroxylation sites is 2. The third kappa shape index (κ3) is 3.05. The van der Waals surface area contributed by atoms with Gasteiger partial charge in [0.2, 0.25) is 5.91 Å². The number of carbonyl (C=O) groups excluding carboxylic acids is 1. The summed E-state index contributed by atoms with van der Waals surface area (Å²) in [6.07, 6.45) is 0. The average molecular weight is 311 g/mol. The molecule has 0 saturated carbocycles. The van der Waals surface area contributed by atoms with Crippen molar-refractivity contribution < 1.29 is 4.79 Å². The summed E-state index contributed by atoms with van der Waals surface area (Å²) in [6.45, 7) is 0.531. The third-order valence-electron chi connectivity index (χ3n) is 3.36. The number of aliphatic imine (C=N–C) groups is 1. The number of thioether (sulfide) groups is 1. The molecule has 112 valence electrons. The first-order valence-corrected chi connectivity index (χ1v) is 8.20. The van der Waals surface area contributed by atoms with Crippen LogP contribution in [-0.4, -0.2) is 29.2 Å². The summed E-state index contributed by atoms with van der Waals surface area (Å²) < 4.78 is 0. The van der Waals surface area contributed by atoms with Gasteiger partial charge < -0.3 is 11.1 Å². The van der Waals surface area contributed by atoms with E-state index in [4.69, 9.17) is 10.7 Å². The maximum Gasteiger partial charge on any atom is 0.243 e. The van der Waals surface area contributed by atoms with Crippen molar-refractivity contribution in [3.63, 3.8) is 0 Å². The van der Waals surface area contributed by atoms with Gasteiger partial charge in [-0.25, -0.2) is 4.99 Å². The van der Waals surface area contributed by atoms with E-state index in [-0.39, 0.29) is 11.2 Å². The Morgan fingerprint density at radius 1 is 1.09 bits per heavy atom. The predicted molar refractivity (Wildman–Crippen MR) is 93.0 cm³/mol. The molecule has 3 rings (SSSR count). The Labute approximate surface area is 133 Å². The summed E-state index contributed by atoms with van der Waals surface area (Å²) >= 11 is 1.52. The quantitative estimate of drug-likeness (QED) is 0.912. The van der Waals surface area contributed by atoms with Gasteiger partial charge in [-0.2, -0.15) is 0 Å². The molecule has 2 aromatic rings. The molecule has 0 radical (unpaired) electrons. The number of benzene rings is 2. The maximum atomic E-state index is 12.6. The highest BCUT2D eigenvalue weighted by Crippen LogP contribution is 2.31. The molecule has 1 unspecified atom stereocenters. The van der Waals surface area contributed by atoms with Crippen LogP contribution in [0.3, 0.4) is 0 Å². The lowest BCUT2D eigenvalue weighted by molar-refractivity contribution is -0.114. The largest absolute Gasteiger partial charge is 0.330 e. The summed E-state index contributed by atoms with van der Waals surface area (Å²) in [5.41, 5.74) is 8.88. The molecule has 0 aliphatic carbocycles. The van der Waals surface area contributed by atoms with E-state index in [2.05, 4.69) is 5.32 Å². The van der Waals surface area contributed by atoms with Crippen molar-refractivity contribution in [2.75, 3.05) is 17.6 Å². The van der Waals surface area contributed by atoms with E-state index < -0.39 is 0 Å². The first kappa shape index (κ1) is 14.8. The molecule has 2 aromatic carbocycles. The first-order valence-electron chi connectivity index (χ1n) is 7.15. The second kappa shape index (κ2) is 6.77. The maximum absolute atomic E-state index is 12.6. The number of hydrogen-bond donors (Lipinski definition) is 2. The number of fused-ring (bicyclic) bond motifs is 1. The van der Waals surface area contributed by atoms with Gasteiger partial charge in [-0.3, -0.25) is 4.79 Å². The molecule has 1 aliphatic heterocycles. The number of nitrogens with one attached hydrogen (secondary N) is 1. The number of nitrogens with zero attached hydrogens (tertiary/aromatic N) is 1. The van der Waals surface area contributed by atoms with E-state index in [1.807, 2.05) is 54.6 Å². The molecule has 1 amide bonds. The summed E-state index contributed by atoms with van der Waals surface area (Å²) in [6, 6.07) is 17.4. The number of nitrogens with two attached hydrogens (primary N) is 1. The number of rotatable bonds is 4. The van der Waals surface area contributed by atoms with Crippen LogP contribution in [0.25, 0.3) is 0 Å². The molecule has 5 heteroatoms. The van der Waals surface area contributed by atoms with E-state index in [0.717, 1.165) is 22.6 Å². The van der Waals surface area contributed by atoms with Crippen molar-refractivity contribution in [1.29, 1.82) is 0 Å². The number of amides is 1. The van der Waals surface area contributed by atoms with Crippen LogP contribution in [0.15, 0.2) is 59.6 Å². The highest BCUT2D eigenvalue weighted by atomic mass is 32.2. The molecule has 22 heavy (non-hydrogen) atoms. The zero-order valence-corrected chi connectivity index (χ0v) is 12.8. The van der Waals surface area contributed by atoms with Gasteiger partial charge in [-0.1, -0.05) is 42.5 Å².